The Morgan fingerprint density at radius 3 is 2.96 bits per heavy atom. The van der Waals surface area contributed by atoms with E-state index in [1.54, 1.807) is 11.1 Å². The zero-order chi connectivity index (χ0) is 17.9. The molecule has 4 rings (SSSR count). The predicted octanol–water partition coefficient (Wildman–Crippen LogP) is 2.66. The Balaban J connectivity index is 1.37. The normalized spacial score (nSPS) is 19.8. The van der Waals surface area contributed by atoms with Crippen molar-refractivity contribution in [2.75, 3.05) is 36.4 Å². The van der Waals surface area contributed by atoms with Crippen molar-refractivity contribution in [1.82, 2.24) is 15.0 Å². The van der Waals surface area contributed by atoms with Crippen LogP contribution in [-0.2, 0) is 0 Å². The van der Waals surface area contributed by atoms with E-state index in [9.17, 15) is 4.79 Å². The molecule has 0 bridgehead atoms. The summed E-state index contributed by atoms with van der Waals surface area (Å²) in [7, 11) is 0. The molecule has 8 heteroatoms. The van der Waals surface area contributed by atoms with Gasteiger partial charge in [0.25, 0.3) is 0 Å². The van der Waals surface area contributed by atoms with Crippen LogP contribution < -0.4 is 15.0 Å². The van der Waals surface area contributed by atoms with Gasteiger partial charge in [-0.15, -0.1) is 0 Å². The predicted molar refractivity (Wildman–Crippen MR) is 96.5 cm³/mol. The number of aromatic nitrogens is 2. The van der Waals surface area contributed by atoms with Gasteiger partial charge in [-0.25, -0.2) is 9.78 Å². The highest BCUT2D eigenvalue weighted by atomic mass is 16.5. The lowest BCUT2D eigenvalue weighted by molar-refractivity contribution is 0.194. The fourth-order valence-corrected chi connectivity index (χ4v) is 3.42. The van der Waals surface area contributed by atoms with Crippen LogP contribution >= 0.6 is 0 Å². The molecule has 4 heterocycles. The topological polar surface area (TPSA) is 83.7 Å². The van der Waals surface area contributed by atoms with Gasteiger partial charge in [-0.05, 0) is 31.9 Å². The number of carbonyl (C=O) groups is 1. The van der Waals surface area contributed by atoms with Crippen molar-refractivity contribution in [2.24, 2.45) is 0 Å². The number of ether oxygens (including phenoxy) is 1. The zero-order valence-electron chi connectivity index (χ0n) is 14.9. The molecule has 0 spiro atoms. The maximum atomic E-state index is 12.4. The fraction of sp³-hybridized carbons (Fsp3) is 0.500. The molecule has 2 aromatic heterocycles. The molecule has 2 fully saturated rings. The molecular formula is C18H23N5O3. The molecule has 0 aliphatic carbocycles. The van der Waals surface area contributed by atoms with Crippen molar-refractivity contribution in [2.45, 2.75) is 32.3 Å². The van der Waals surface area contributed by atoms with Crippen molar-refractivity contribution in [3.63, 3.8) is 0 Å². The van der Waals surface area contributed by atoms with Crippen molar-refractivity contribution in [3.05, 3.63) is 30.2 Å². The average molecular weight is 357 g/mol. The second kappa shape index (κ2) is 7.23. The first kappa shape index (κ1) is 16.7. The van der Waals surface area contributed by atoms with Crippen LogP contribution in [0.15, 0.2) is 29.1 Å². The average Bonchev–Trinajstić information content (AvgIpc) is 3.39. The summed E-state index contributed by atoms with van der Waals surface area (Å²) in [5.74, 6) is 2.17. The van der Waals surface area contributed by atoms with Crippen LogP contribution in [0.2, 0.25) is 0 Å². The molecule has 2 aromatic rings. The molecule has 2 aliphatic heterocycles. The number of likely N-dealkylation sites (tertiary alicyclic amines) is 1. The van der Waals surface area contributed by atoms with Gasteiger partial charge in [-0.3, -0.25) is 5.32 Å². The number of nitrogens with zero attached hydrogens (tertiary/aromatic N) is 4. The maximum Gasteiger partial charge on any atom is 0.323 e. The quantitative estimate of drug-likeness (QED) is 0.906. The van der Waals surface area contributed by atoms with Crippen molar-refractivity contribution < 1.29 is 14.1 Å². The number of rotatable bonds is 4. The zero-order valence-corrected chi connectivity index (χ0v) is 14.9. The first-order valence-electron chi connectivity index (χ1n) is 9.04. The first-order valence-corrected chi connectivity index (χ1v) is 9.04. The number of anilines is 2. The van der Waals surface area contributed by atoms with E-state index in [1.807, 2.05) is 19.1 Å². The molecule has 0 aromatic carbocycles. The second-order valence-electron chi connectivity index (χ2n) is 6.77. The first-order chi connectivity index (χ1) is 12.7. The molecule has 1 unspecified atom stereocenters. The largest absolute Gasteiger partial charge is 0.485 e. The smallest absolute Gasteiger partial charge is 0.323 e. The van der Waals surface area contributed by atoms with Crippen molar-refractivity contribution in [3.8, 4) is 5.75 Å². The molecule has 1 atom stereocenters. The molecule has 138 valence electrons. The molecule has 2 aliphatic rings. The Kier molecular flexibility index (Phi) is 4.64. The van der Waals surface area contributed by atoms with Gasteiger partial charge in [0.1, 0.15) is 12.4 Å². The highest BCUT2D eigenvalue weighted by Gasteiger charge is 2.29. The third-order valence-corrected chi connectivity index (χ3v) is 4.85. The monoisotopic (exact) mass is 357 g/mol. The van der Waals surface area contributed by atoms with Gasteiger partial charge >= 0.3 is 6.03 Å². The van der Waals surface area contributed by atoms with E-state index in [2.05, 4.69) is 20.4 Å². The Morgan fingerprint density at radius 1 is 1.35 bits per heavy atom. The number of urea groups is 1. The molecular weight excluding hydrogens is 334 g/mol. The number of nitrogens with one attached hydrogen (secondary N) is 1. The number of aryl methyl sites for hydroxylation is 1. The van der Waals surface area contributed by atoms with Gasteiger partial charge in [-0.2, -0.15) is 0 Å². The van der Waals surface area contributed by atoms with Crippen LogP contribution in [0.3, 0.4) is 0 Å². The van der Waals surface area contributed by atoms with Gasteiger partial charge in [0, 0.05) is 37.8 Å². The Morgan fingerprint density at radius 2 is 2.19 bits per heavy atom. The van der Waals surface area contributed by atoms with Crippen molar-refractivity contribution >= 4 is 17.7 Å². The summed E-state index contributed by atoms with van der Waals surface area (Å²) in [4.78, 5) is 20.9. The molecule has 0 radical (unpaired) electrons. The lowest BCUT2D eigenvalue weighted by Gasteiger charge is -2.22. The molecule has 8 nitrogen and oxygen atoms in total. The van der Waals surface area contributed by atoms with Gasteiger partial charge in [0.2, 0.25) is 0 Å². The van der Waals surface area contributed by atoms with Crippen LogP contribution in [0.25, 0.3) is 0 Å². The summed E-state index contributed by atoms with van der Waals surface area (Å²) in [6.45, 7) is 5.06. The maximum absolute atomic E-state index is 12.4. The summed E-state index contributed by atoms with van der Waals surface area (Å²) >= 11 is 0. The number of hydrogen-bond acceptors (Lipinski definition) is 6. The third-order valence-electron chi connectivity index (χ3n) is 4.85. The van der Waals surface area contributed by atoms with Crippen LogP contribution in [0, 0.1) is 6.92 Å². The van der Waals surface area contributed by atoms with E-state index >= 15 is 0 Å². The van der Waals surface area contributed by atoms with E-state index in [-0.39, 0.29) is 12.1 Å². The summed E-state index contributed by atoms with van der Waals surface area (Å²) < 4.78 is 11.0. The van der Waals surface area contributed by atoms with E-state index in [0.717, 1.165) is 36.6 Å². The Bertz CT molecular complexity index is 772. The molecule has 1 N–H and O–H groups in total. The standard InChI is InChI=1S/C18H23N5O3/c1-13-12-25-21-16(13)20-18(24)23-10-6-14(11-23)26-15-5-4-7-19-17(15)22-8-2-3-9-22/h4-5,7,12,14H,2-3,6,8-11H2,1H3,(H,20,21,24). The molecule has 26 heavy (non-hydrogen) atoms. The minimum atomic E-state index is -0.181. The number of hydrogen-bond donors (Lipinski definition) is 1. The lowest BCUT2D eigenvalue weighted by Crippen LogP contribution is -2.34. The number of carbonyl (C=O) groups excluding carboxylic acids is 1. The summed E-state index contributed by atoms with van der Waals surface area (Å²) in [6, 6.07) is 3.67. The van der Waals surface area contributed by atoms with Crippen LogP contribution in [0.1, 0.15) is 24.8 Å². The Labute approximate surface area is 152 Å². The molecule has 2 amide bonds. The number of amides is 2. The highest BCUT2D eigenvalue weighted by Crippen LogP contribution is 2.30. The summed E-state index contributed by atoms with van der Waals surface area (Å²) in [5.41, 5.74) is 0.802. The second-order valence-corrected chi connectivity index (χ2v) is 6.77. The number of pyridine rings is 1. The Hall–Kier alpha value is -2.77. The van der Waals surface area contributed by atoms with Gasteiger partial charge in [0.15, 0.2) is 17.4 Å². The van der Waals surface area contributed by atoms with Gasteiger partial charge in [0.05, 0.1) is 6.54 Å². The lowest BCUT2D eigenvalue weighted by atomic mass is 10.3. The minimum Gasteiger partial charge on any atom is -0.485 e. The van der Waals surface area contributed by atoms with Gasteiger partial charge in [-0.1, -0.05) is 5.16 Å². The highest BCUT2D eigenvalue weighted by molar-refractivity contribution is 5.89. The van der Waals surface area contributed by atoms with E-state index in [4.69, 9.17) is 9.26 Å². The van der Waals surface area contributed by atoms with E-state index in [0.29, 0.717) is 18.9 Å². The molecule has 2 saturated heterocycles. The summed E-state index contributed by atoms with van der Waals surface area (Å²) in [6.07, 6.45) is 6.44. The van der Waals surface area contributed by atoms with Crippen LogP contribution in [0.5, 0.6) is 5.75 Å². The van der Waals surface area contributed by atoms with E-state index < -0.39 is 0 Å². The van der Waals surface area contributed by atoms with Gasteiger partial charge < -0.3 is 19.1 Å². The molecule has 0 saturated carbocycles. The minimum absolute atomic E-state index is 0.0373. The van der Waals surface area contributed by atoms with Crippen LogP contribution in [0.4, 0.5) is 16.4 Å². The van der Waals surface area contributed by atoms with Crippen LogP contribution in [-0.4, -0.2) is 53.4 Å². The van der Waals surface area contributed by atoms with Crippen molar-refractivity contribution in [1.29, 1.82) is 0 Å². The third kappa shape index (κ3) is 3.44. The SMILES string of the molecule is Cc1conc1NC(=O)N1CCC(Oc2cccnc2N2CCCC2)C1. The fourth-order valence-electron chi connectivity index (χ4n) is 3.42. The summed E-state index contributed by atoms with van der Waals surface area (Å²) in [5, 5.41) is 6.57. The van der Waals surface area contributed by atoms with E-state index in [1.165, 1.54) is 19.1 Å².